The summed E-state index contributed by atoms with van der Waals surface area (Å²) in [5.41, 5.74) is 5.07. The van der Waals surface area contributed by atoms with Crippen LogP contribution >= 0.6 is 0 Å². The first-order valence-corrected chi connectivity index (χ1v) is 11.1. The molecule has 3 rings (SSSR count). The molecule has 0 bridgehead atoms. The molecule has 0 unspecified atom stereocenters. The predicted octanol–water partition coefficient (Wildman–Crippen LogP) is 5.62. The summed E-state index contributed by atoms with van der Waals surface area (Å²) in [7, 11) is 0. The van der Waals surface area contributed by atoms with E-state index in [1.54, 1.807) is 12.1 Å². The van der Waals surface area contributed by atoms with Crippen molar-refractivity contribution in [1.82, 2.24) is 4.90 Å². The number of benzene rings is 1. The van der Waals surface area contributed by atoms with Crippen LogP contribution in [0.3, 0.4) is 0 Å². The van der Waals surface area contributed by atoms with Gasteiger partial charge in [0, 0.05) is 44.8 Å². The van der Waals surface area contributed by atoms with Crippen LogP contribution in [0.25, 0.3) is 0 Å². The normalized spacial score (nSPS) is 19.7. The molecule has 0 saturated carbocycles. The quantitative estimate of drug-likeness (QED) is 0.579. The lowest BCUT2D eigenvalue weighted by molar-refractivity contribution is 0.0697. The molecule has 170 valence electrons. The van der Waals surface area contributed by atoms with Crippen LogP contribution in [0.1, 0.15) is 56.3 Å². The molecular weight excluding hydrogens is 398 g/mol. The van der Waals surface area contributed by atoms with Gasteiger partial charge in [-0.05, 0) is 60.9 Å². The van der Waals surface area contributed by atoms with Crippen LogP contribution in [-0.2, 0) is 0 Å². The number of piperazine rings is 1. The number of alkyl halides is 2. The highest BCUT2D eigenvalue weighted by molar-refractivity contribution is 5.88. The summed E-state index contributed by atoms with van der Waals surface area (Å²) >= 11 is 0. The predicted molar refractivity (Wildman–Crippen MR) is 121 cm³/mol. The Morgan fingerprint density at radius 1 is 1.16 bits per heavy atom. The molecular formula is C25H34F2N2O2. The number of hydrogen-bond acceptors (Lipinski definition) is 3. The van der Waals surface area contributed by atoms with Crippen molar-refractivity contribution in [2.24, 2.45) is 5.41 Å². The minimum absolute atomic E-state index is 0.113. The molecule has 1 aromatic rings. The molecule has 2 aliphatic rings. The molecule has 0 spiro atoms. The van der Waals surface area contributed by atoms with Crippen molar-refractivity contribution in [3.63, 3.8) is 0 Å². The third kappa shape index (κ3) is 6.39. The average molecular weight is 433 g/mol. The SMILES string of the molecule is C=C(CCC(F)F)C1=C(CN2CCN(c3ccc(C(=O)O)cc3)CC2)CC(C)(C)CC1. The third-order valence-electron chi connectivity index (χ3n) is 6.53. The fraction of sp³-hybridized carbons (Fsp3) is 0.560. The lowest BCUT2D eigenvalue weighted by Gasteiger charge is -2.40. The molecule has 0 atom stereocenters. The van der Waals surface area contributed by atoms with Gasteiger partial charge in [-0.3, -0.25) is 4.90 Å². The molecule has 1 N–H and O–H groups in total. The molecule has 6 heteroatoms. The zero-order valence-corrected chi connectivity index (χ0v) is 18.7. The highest BCUT2D eigenvalue weighted by atomic mass is 19.3. The minimum Gasteiger partial charge on any atom is -0.478 e. The van der Waals surface area contributed by atoms with E-state index in [0.29, 0.717) is 12.0 Å². The number of carbonyl (C=O) groups is 1. The van der Waals surface area contributed by atoms with Gasteiger partial charge in [-0.2, -0.15) is 0 Å². The first-order chi connectivity index (χ1) is 14.6. The van der Waals surface area contributed by atoms with Crippen LogP contribution in [0.2, 0.25) is 0 Å². The summed E-state index contributed by atoms with van der Waals surface area (Å²) in [5, 5.41) is 9.07. The number of halogens is 2. The van der Waals surface area contributed by atoms with Crippen molar-refractivity contribution in [2.45, 2.75) is 52.4 Å². The molecule has 0 radical (unpaired) electrons. The van der Waals surface area contributed by atoms with Crippen molar-refractivity contribution in [3.05, 3.63) is 53.1 Å². The number of allylic oxidation sites excluding steroid dienone is 2. The standard InChI is InChI=1S/C25H34F2N2O2/c1-18(4-9-23(26)27)22-10-11-25(2,3)16-20(22)17-28-12-14-29(15-13-28)21-7-5-19(6-8-21)24(30)31/h5-8,23H,1,4,9-17H2,2-3H3,(H,30,31). The Balaban J connectivity index is 1.63. The van der Waals surface area contributed by atoms with Crippen molar-refractivity contribution < 1.29 is 18.7 Å². The summed E-state index contributed by atoms with van der Waals surface area (Å²) < 4.78 is 25.4. The molecule has 0 amide bonds. The van der Waals surface area contributed by atoms with Crippen molar-refractivity contribution >= 4 is 11.7 Å². The summed E-state index contributed by atoms with van der Waals surface area (Å²) in [5.74, 6) is -0.911. The molecule has 1 fully saturated rings. The van der Waals surface area contributed by atoms with Gasteiger partial charge in [-0.1, -0.05) is 31.6 Å². The lowest BCUT2D eigenvalue weighted by Crippen LogP contribution is -2.47. The molecule has 31 heavy (non-hydrogen) atoms. The summed E-state index contributed by atoms with van der Waals surface area (Å²) in [6, 6.07) is 7.04. The number of carboxylic acids is 1. The van der Waals surface area contributed by atoms with Gasteiger partial charge in [0.1, 0.15) is 0 Å². The Hall–Kier alpha value is -2.21. The molecule has 4 nitrogen and oxygen atoms in total. The Labute approximate surface area is 184 Å². The Morgan fingerprint density at radius 3 is 2.39 bits per heavy atom. The van der Waals surface area contributed by atoms with Gasteiger partial charge < -0.3 is 10.0 Å². The number of aromatic carboxylic acids is 1. The van der Waals surface area contributed by atoms with E-state index in [4.69, 9.17) is 5.11 Å². The van der Waals surface area contributed by atoms with Crippen molar-refractivity contribution in [2.75, 3.05) is 37.6 Å². The maximum atomic E-state index is 12.7. The number of rotatable bonds is 8. The van der Waals surface area contributed by atoms with E-state index >= 15 is 0 Å². The molecule has 1 aliphatic carbocycles. The zero-order chi connectivity index (χ0) is 22.6. The maximum absolute atomic E-state index is 12.7. The van der Waals surface area contributed by atoms with E-state index in [1.807, 2.05) is 12.1 Å². The van der Waals surface area contributed by atoms with Gasteiger partial charge in [-0.15, -0.1) is 0 Å². The molecule has 1 aliphatic heterocycles. The highest BCUT2D eigenvalue weighted by Crippen LogP contribution is 2.42. The van der Waals surface area contributed by atoms with Crippen LogP contribution in [0.5, 0.6) is 0 Å². The topological polar surface area (TPSA) is 43.8 Å². The van der Waals surface area contributed by atoms with Crippen LogP contribution in [0.4, 0.5) is 14.5 Å². The van der Waals surface area contributed by atoms with E-state index in [1.165, 1.54) is 11.1 Å². The Morgan fingerprint density at radius 2 is 1.81 bits per heavy atom. The minimum atomic E-state index is -2.28. The average Bonchev–Trinajstić information content (AvgIpc) is 2.72. The van der Waals surface area contributed by atoms with Crippen LogP contribution in [-0.4, -0.2) is 55.1 Å². The monoisotopic (exact) mass is 432 g/mol. The van der Waals surface area contributed by atoms with Crippen molar-refractivity contribution in [1.29, 1.82) is 0 Å². The fourth-order valence-electron chi connectivity index (χ4n) is 4.67. The van der Waals surface area contributed by atoms with Gasteiger partial charge in [-0.25, -0.2) is 13.6 Å². The second kappa shape index (κ2) is 9.94. The fourth-order valence-corrected chi connectivity index (χ4v) is 4.67. The van der Waals surface area contributed by atoms with Gasteiger partial charge >= 0.3 is 5.97 Å². The van der Waals surface area contributed by atoms with Crippen LogP contribution < -0.4 is 4.90 Å². The highest BCUT2D eigenvalue weighted by Gasteiger charge is 2.29. The van der Waals surface area contributed by atoms with Gasteiger partial charge in [0.25, 0.3) is 0 Å². The van der Waals surface area contributed by atoms with Crippen LogP contribution in [0, 0.1) is 5.41 Å². The van der Waals surface area contributed by atoms with Crippen molar-refractivity contribution in [3.8, 4) is 0 Å². The number of anilines is 1. The van der Waals surface area contributed by atoms with Gasteiger partial charge in [0.15, 0.2) is 0 Å². The van der Waals surface area contributed by atoms with E-state index in [2.05, 4.69) is 30.2 Å². The zero-order valence-electron chi connectivity index (χ0n) is 18.7. The largest absolute Gasteiger partial charge is 0.478 e. The second-order valence-electron chi connectivity index (χ2n) is 9.57. The smallest absolute Gasteiger partial charge is 0.335 e. The number of hydrogen-bond donors (Lipinski definition) is 1. The third-order valence-corrected chi connectivity index (χ3v) is 6.53. The lowest BCUT2D eigenvalue weighted by atomic mass is 9.72. The van der Waals surface area contributed by atoms with E-state index in [-0.39, 0.29) is 11.8 Å². The van der Waals surface area contributed by atoms with E-state index < -0.39 is 12.4 Å². The first-order valence-electron chi connectivity index (χ1n) is 11.1. The molecule has 1 saturated heterocycles. The van der Waals surface area contributed by atoms with E-state index in [0.717, 1.165) is 63.2 Å². The maximum Gasteiger partial charge on any atom is 0.335 e. The number of nitrogens with zero attached hydrogens (tertiary/aromatic N) is 2. The number of carboxylic acid groups (broad SMARTS) is 1. The Kier molecular flexibility index (Phi) is 7.52. The van der Waals surface area contributed by atoms with Crippen LogP contribution in [0.15, 0.2) is 47.6 Å². The Bertz CT molecular complexity index is 822. The molecule has 0 aromatic heterocycles. The summed E-state index contributed by atoms with van der Waals surface area (Å²) in [6.07, 6.45) is 0.973. The molecule has 1 heterocycles. The first kappa shape index (κ1) is 23.5. The molecule has 1 aromatic carbocycles. The second-order valence-corrected chi connectivity index (χ2v) is 9.57. The van der Waals surface area contributed by atoms with Gasteiger partial charge in [0.05, 0.1) is 5.56 Å². The summed E-state index contributed by atoms with van der Waals surface area (Å²) in [4.78, 5) is 15.8. The van der Waals surface area contributed by atoms with Gasteiger partial charge in [0.2, 0.25) is 6.43 Å². The van der Waals surface area contributed by atoms with E-state index in [9.17, 15) is 13.6 Å². The summed E-state index contributed by atoms with van der Waals surface area (Å²) in [6.45, 7) is 13.2.